The van der Waals surface area contributed by atoms with Gasteiger partial charge in [-0.2, -0.15) is 5.10 Å². The molecule has 0 saturated heterocycles. The van der Waals surface area contributed by atoms with Crippen LogP contribution < -0.4 is 0 Å². The lowest BCUT2D eigenvalue weighted by Gasteiger charge is -2.33. The number of aromatic nitrogens is 3. The summed E-state index contributed by atoms with van der Waals surface area (Å²) < 4.78 is 1.86. The van der Waals surface area contributed by atoms with Crippen molar-refractivity contribution in [3.05, 3.63) is 12.2 Å². The Morgan fingerprint density at radius 3 is 2.88 bits per heavy atom. The van der Waals surface area contributed by atoms with Gasteiger partial charge in [0.25, 0.3) is 0 Å². The standard InChI is InChI=1S/C12H21N3O/c1-3-15-11(13-9-14-15)8-12(2,16)7-10-5-4-6-10/h9-10,16H,3-8H2,1-2H3. The Kier molecular flexibility index (Phi) is 3.28. The molecule has 1 heterocycles. The van der Waals surface area contributed by atoms with Crippen molar-refractivity contribution in [3.63, 3.8) is 0 Å². The number of hydrogen-bond donors (Lipinski definition) is 1. The third-order valence-corrected chi connectivity index (χ3v) is 3.49. The molecule has 1 atom stereocenters. The maximum Gasteiger partial charge on any atom is 0.138 e. The maximum atomic E-state index is 10.4. The third kappa shape index (κ3) is 2.61. The summed E-state index contributed by atoms with van der Waals surface area (Å²) in [5, 5.41) is 14.5. The highest BCUT2D eigenvalue weighted by atomic mass is 16.3. The van der Waals surface area contributed by atoms with Crippen molar-refractivity contribution in [1.82, 2.24) is 14.8 Å². The summed E-state index contributed by atoms with van der Waals surface area (Å²) in [6.45, 7) is 4.77. The lowest BCUT2D eigenvalue weighted by molar-refractivity contribution is 0.0179. The van der Waals surface area contributed by atoms with E-state index >= 15 is 0 Å². The Labute approximate surface area is 96.7 Å². The quantitative estimate of drug-likeness (QED) is 0.828. The first-order chi connectivity index (χ1) is 7.61. The Bertz CT molecular complexity index is 342. The van der Waals surface area contributed by atoms with Crippen LogP contribution in [-0.4, -0.2) is 25.5 Å². The fourth-order valence-corrected chi connectivity index (χ4v) is 2.42. The van der Waals surface area contributed by atoms with E-state index in [4.69, 9.17) is 0 Å². The van der Waals surface area contributed by atoms with Crippen molar-refractivity contribution in [2.24, 2.45) is 5.92 Å². The molecule has 0 spiro atoms. The fourth-order valence-electron chi connectivity index (χ4n) is 2.42. The van der Waals surface area contributed by atoms with E-state index < -0.39 is 5.60 Å². The van der Waals surface area contributed by atoms with Gasteiger partial charge in [-0.3, -0.25) is 4.68 Å². The molecule has 0 radical (unpaired) electrons. The van der Waals surface area contributed by atoms with Crippen LogP contribution >= 0.6 is 0 Å². The second-order valence-corrected chi connectivity index (χ2v) is 5.17. The molecule has 1 saturated carbocycles. The third-order valence-electron chi connectivity index (χ3n) is 3.49. The lowest BCUT2D eigenvalue weighted by atomic mass is 9.77. The smallest absolute Gasteiger partial charge is 0.138 e. The summed E-state index contributed by atoms with van der Waals surface area (Å²) >= 11 is 0. The van der Waals surface area contributed by atoms with Gasteiger partial charge >= 0.3 is 0 Å². The molecule has 4 heteroatoms. The second kappa shape index (κ2) is 4.53. The van der Waals surface area contributed by atoms with Crippen LogP contribution in [0.2, 0.25) is 0 Å². The molecule has 4 nitrogen and oxygen atoms in total. The van der Waals surface area contributed by atoms with E-state index in [0.717, 1.165) is 18.8 Å². The van der Waals surface area contributed by atoms with Crippen LogP contribution in [0.15, 0.2) is 6.33 Å². The van der Waals surface area contributed by atoms with Gasteiger partial charge in [-0.25, -0.2) is 4.98 Å². The van der Waals surface area contributed by atoms with Gasteiger partial charge < -0.3 is 5.11 Å². The molecule has 1 fully saturated rings. The molecule has 1 aliphatic carbocycles. The van der Waals surface area contributed by atoms with Crippen LogP contribution in [0.3, 0.4) is 0 Å². The molecule has 2 rings (SSSR count). The normalized spacial score (nSPS) is 20.4. The highest BCUT2D eigenvalue weighted by Gasteiger charge is 2.30. The van der Waals surface area contributed by atoms with Crippen LogP contribution in [0.5, 0.6) is 0 Å². The highest BCUT2D eigenvalue weighted by molar-refractivity contribution is 4.94. The van der Waals surface area contributed by atoms with E-state index in [9.17, 15) is 5.11 Å². The van der Waals surface area contributed by atoms with Crippen molar-refractivity contribution in [2.75, 3.05) is 0 Å². The van der Waals surface area contributed by atoms with Gasteiger partial charge in [0.05, 0.1) is 5.60 Å². The number of nitrogens with zero attached hydrogens (tertiary/aromatic N) is 3. The van der Waals surface area contributed by atoms with Crippen LogP contribution in [0.1, 0.15) is 45.4 Å². The zero-order chi connectivity index (χ0) is 11.6. The monoisotopic (exact) mass is 223 g/mol. The number of rotatable bonds is 5. The molecule has 1 aromatic heterocycles. The van der Waals surface area contributed by atoms with Crippen molar-refractivity contribution in [2.45, 2.75) is 58.1 Å². The Balaban J connectivity index is 1.96. The summed E-state index contributed by atoms with van der Waals surface area (Å²) in [6, 6.07) is 0. The summed E-state index contributed by atoms with van der Waals surface area (Å²) in [5.41, 5.74) is -0.634. The minimum Gasteiger partial charge on any atom is -0.390 e. The summed E-state index contributed by atoms with van der Waals surface area (Å²) in [5.74, 6) is 1.61. The molecule has 0 aliphatic heterocycles. The first-order valence-corrected chi connectivity index (χ1v) is 6.20. The van der Waals surface area contributed by atoms with E-state index in [2.05, 4.69) is 10.1 Å². The van der Waals surface area contributed by atoms with Gasteiger partial charge in [-0.05, 0) is 26.2 Å². The highest BCUT2D eigenvalue weighted by Crippen LogP contribution is 2.34. The zero-order valence-corrected chi connectivity index (χ0v) is 10.2. The fraction of sp³-hybridized carbons (Fsp3) is 0.833. The van der Waals surface area contributed by atoms with Gasteiger partial charge in [0.1, 0.15) is 12.2 Å². The lowest BCUT2D eigenvalue weighted by Crippen LogP contribution is -2.33. The summed E-state index contributed by atoms with van der Waals surface area (Å²) in [4.78, 5) is 4.22. The molecule has 1 unspecified atom stereocenters. The molecule has 1 aliphatic rings. The molecule has 0 bridgehead atoms. The first kappa shape index (κ1) is 11.6. The van der Waals surface area contributed by atoms with Gasteiger partial charge in [0, 0.05) is 13.0 Å². The van der Waals surface area contributed by atoms with Crippen molar-refractivity contribution in [1.29, 1.82) is 0 Å². The average molecular weight is 223 g/mol. The topological polar surface area (TPSA) is 50.9 Å². The summed E-state index contributed by atoms with van der Waals surface area (Å²) in [7, 11) is 0. The van der Waals surface area contributed by atoms with Crippen LogP contribution in [0, 0.1) is 5.92 Å². The largest absolute Gasteiger partial charge is 0.390 e. The molecular formula is C12H21N3O. The van der Waals surface area contributed by atoms with Gasteiger partial charge in [-0.1, -0.05) is 19.3 Å². The average Bonchev–Trinajstić information content (AvgIpc) is 2.58. The van der Waals surface area contributed by atoms with Gasteiger partial charge in [0.15, 0.2) is 0 Å². The first-order valence-electron chi connectivity index (χ1n) is 6.20. The van der Waals surface area contributed by atoms with Crippen molar-refractivity contribution < 1.29 is 5.11 Å². The molecule has 0 aromatic carbocycles. The molecule has 1 aromatic rings. The van der Waals surface area contributed by atoms with E-state index in [0.29, 0.717) is 12.3 Å². The van der Waals surface area contributed by atoms with E-state index in [1.165, 1.54) is 19.3 Å². The van der Waals surface area contributed by atoms with E-state index in [1.807, 2.05) is 18.5 Å². The Morgan fingerprint density at radius 1 is 1.56 bits per heavy atom. The number of hydrogen-bond acceptors (Lipinski definition) is 3. The zero-order valence-electron chi connectivity index (χ0n) is 10.2. The minimum atomic E-state index is -0.634. The number of aliphatic hydroxyl groups is 1. The van der Waals surface area contributed by atoms with Gasteiger partial charge in [-0.15, -0.1) is 0 Å². The minimum absolute atomic E-state index is 0.608. The number of aryl methyl sites for hydroxylation is 1. The second-order valence-electron chi connectivity index (χ2n) is 5.17. The van der Waals surface area contributed by atoms with Gasteiger partial charge in [0.2, 0.25) is 0 Å². The molecule has 0 amide bonds. The van der Waals surface area contributed by atoms with E-state index in [-0.39, 0.29) is 0 Å². The summed E-state index contributed by atoms with van der Waals surface area (Å²) in [6.07, 6.45) is 6.94. The molecule has 16 heavy (non-hydrogen) atoms. The Morgan fingerprint density at radius 2 is 2.31 bits per heavy atom. The predicted octanol–water partition coefficient (Wildman–Crippen LogP) is 1.78. The van der Waals surface area contributed by atoms with Crippen LogP contribution in [0.25, 0.3) is 0 Å². The van der Waals surface area contributed by atoms with Crippen molar-refractivity contribution >= 4 is 0 Å². The molecule has 90 valence electrons. The molecular weight excluding hydrogens is 202 g/mol. The van der Waals surface area contributed by atoms with Crippen LogP contribution in [0.4, 0.5) is 0 Å². The van der Waals surface area contributed by atoms with Crippen LogP contribution in [-0.2, 0) is 13.0 Å². The predicted molar refractivity (Wildman–Crippen MR) is 62.0 cm³/mol. The maximum absolute atomic E-state index is 10.4. The van der Waals surface area contributed by atoms with Crippen molar-refractivity contribution in [3.8, 4) is 0 Å². The Hall–Kier alpha value is -0.900. The molecule has 1 N–H and O–H groups in total. The SMILES string of the molecule is CCn1ncnc1CC(C)(O)CC1CCC1. The van der Waals surface area contributed by atoms with E-state index in [1.54, 1.807) is 6.33 Å².